The van der Waals surface area contributed by atoms with Gasteiger partial charge in [0, 0.05) is 13.7 Å². The summed E-state index contributed by atoms with van der Waals surface area (Å²) in [4.78, 5) is 11.8. The molecule has 1 aromatic heterocycles. The predicted molar refractivity (Wildman–Crippen MR) is 117 cm³/mol. The first kappa shape index (κ1) is 20.2. The fraction of sp³-hybridized carbons (Fsp3) is 0.211. The average Bonchev–Trinajstić information content (AvgIpc) is 3.05. The molecule has 0 spiro atoms. The Bertz CT molecular complexity index is 1100. The van der Waals surface area contributed by atoms with Gasteiger partial charge in [0.2, 0.25) is 10.0 Å². The Labute approximate surface area is 175 Å². The molecule has 1 heterocycles. The molecule has 0 aliphatic heterocycles. The Kier molecular flexibility index (Phi) is 6.17. The molecular weight excluding hydrogens is 500 g/mol. The highest BCUT2D eigenvalue weighted by Gasteiger charge is 2.26. The van der Waals surface area contributed by atoms with E-state index in [0.29, 0.717) is 28.0 Å². The Hall–Kier alpha value is -1.52. The molecule has 0 atom stereocenters. The largest absolute Gasteiger partial charge is 0.298 e. The SMILES string of the molecule is CCS(=O)(=O)N(Cc1ccc(I)c(CF)c1)c1sc2ccccc2c1C=O. The van der Waals surface area contributed by atoms with Gasteiger partial charge < -0.3 is 0 Å². The summed E-state index contributed by atoms with van der Waals surface area (Å²) < 4.78 is 41.7. The van der Waals surface area contributed by atoms with Crippen molar-refractivity contribution in [3.05, 3.63) is 62.7 Å². The molecule has 3 aromatic rings. The second-order valence-corrected chi connectivity index (χ2v) is 10.3. The van der Waals surface area contributed by atoms with Gasteiger partial charge in [-0.1, -0.05) is 30.3 Å². The first-order chi connectivity index (χ1) is 12.9. The summed E-state index contributed by atoms with van der Waals surface area (Å²) in [5.74, 6) is -0.0973. The van der Waals surface area contributed by atoms with Gasteiger partial charge in [0.15, 0.2) is 6.29 Å². The molecule has 3 rings (SSSR count). The first-order valence-electron chi connectivity index (χ1n) is 8.21. The van der Waals surface area contributed by atoms with E-state index in [1.165, 1.54) is 15.6 Å². The van der Waals surface area contributed by atoms with Crippen molar-refractivity contribution in [2.45, 2.75) is 20.1 Å². The zero-order chi connectivity index (χ0) is 19.6. The van der Waals surface area contributed by atoms with Crippen LogP contribution in [0.1, 0.15) is 28.4 Å². The number of anilines is 1. The third-order valence-electron chi connectivity index (χ3n) is 4.24. The lowest BCUT2D eigenvalue weighted by molar-refractivity contribution is 0.112. The Balaban J connectivity index is 2.15. The first-order valence-corrected chi connectivity index (χ1v) is 11.7. The van der Waals surface area contributed by atoms with Crippen molar-refractivity contribution in [2.24, 2.45) is 0 Å². The van der Waals surface area contributed by atoms with Crippen LogP contribution in [0.2, 0.25) is 0 Å². The third kappa shape index (κ3) is 4.02. The van der Waals surface area contributed by atoms with E-state index in [9.17, 15) is 17.6 Å². The molecule has 0 bridgehead atoms. The standard InChI is InChI=1S/C19H17FINO3S2/c1-2-27(24,25)22(11-13-7-8-17(21)14(9-13)10-20)19-16(12-23)15-5-3-4-6-18(15)26-19/h3-9,12H,2,10-11H2,1H3. The van der Waals surface area contributed by atoms with Gasteiger partial charge in [0.25, 0.3) is 0 Å². The summed E-state index contributed by atoms with van der Waals surface area (Å²) in [5.41, 5.74) is 1.56. The monoisotopic (exact) mass is 517 g/mol. The number of benzene rings is 2. The highest BCUT2D eigenvalue weighted by atomic mass is 127. The molecular formula is C19H17FINO3S2. The Morgan fingerprint density at radius 1 is 1.22 bits per heavy atom. The lowest BCUT2D eigenvalue weighted by Crippen LogP contribution is -2.32. The summed E-state index contributed by atoms with van der Waals surface area (Å²) >= 11 is 3.32. The van der Waals surface area contributed by atoms with Crippen LogP contribution in [-0.4, -0.2) is 20.5 Å². The molecule has 0 amide bonds. The van der Waals surface area contributed by atoms with Crippen molar-refractivity contribution < 1.29 is 17.6 Å². The van der Waals surface area contributed by atoms with Gasteiger partial charge in [-0.15, -0.1) is 11.3 Å². The predicted octanol–water partition coefficient (Wildman–Crippen LogP) is 5.14. The fourth-order valence-corrected chi connectivity index (χ4v) is 5.82. The van der Waals surface area contributed by atoms with Crippen molar-refractivity contribution in [1.82, 2.24) is 0 Å². The molecule has 142 valence electrons. The van der Waals surface area contributed by atoms with Crippen LogP contribution in [0.15, 0.2) is 42.5 Å². The molecule has 0 fully saturated rings. The van der Waals surface area contributed by atoms with Gasteiger partial charge in [0.05, 0.1) is 17.9 Å². The summed E-state index contributed by atoms with van der Waals surface area (Å²) in [5, 5.41) is 1.13. The highest BCUT2D eigenvalue weighted by Crippen LogP contribution is 2.39. The van der Waals surface area contributed by atoms with E-state index >= 15 is 0 Å². The summed E-state index contributed by atoms with van der Waals surface area (Å²) in [7, 11) is -3.63. The fourth-order valence-electron chi connectivity index (χ4n) is 2.80. The quantitative estimate of drug-likeness (QED) is 0.322. The van der Waals surface area contributed by atoms with Crippen LogP contribution >= 0.6 is 33.9 Å². The van der Waals surface area contributed by atoms with Crippen molar-refractivity contribution in [3.8, 4) is 0 Å². The molecule has 8 heteroatoms. The van der Waals surface area contributed by atoms with Crippen molar-refractivity contribution in [2.75, 3.05) is 10.1 Å². The number of fused-ring (bicyclic) bond motifs is 1. The van der Waals surface area contributed by atoms with Crippen molar-refractivity contribution in [1.29, 1.82) is 0 Å². The average molecular weight is 517 g/mol. The van der Waals surface area contributed by atoms with Gasteiger partial charge >= 0.3 is 0 Å². The molecule has 2 aromatic carbocycles. The van der Waals surface area contributed by atoms with E-state index in [0.717, 1.165) is 13.7 Å². The molecule has 4 nitrogen and oxygen atoms in total. The molecule has 0 saturated heterocycles. The number of halogens is 2. The summed E-state index contributed by atoms with van der Waals surface area (Å²) in [6, 6.07) is 12.6. The second kappa shape index (κ2) is 8.24. The topological polar surface area (TPSA) is 54.5 Å². The van der Waals surface area contributed by atoms with E-state index in [1.54, 1.807) is 25.1 Å². The normalized spacial score (nSPS) is 11.7. The Morgan fingerprint density at radius 2 is 1.96 bits per heavy atom. The van der Waals surface area contributed by atoms with Crippen LogP contribution in [0, 0.1) is 3.57 Å². The van der Waals surface area contributed by atoms with Crippen LogP contribution in [0.4, 0.5) is 9.39 Å². The molecule has 0 saturated carbocycles. The van der Waals surface area contributed by atoms with Crippen LogP contribution < -0.4 is 4.31 Å². The van der Waals surface area contributed by atoms with Gasteiger partial charge in [-0.25, -0.2) is 12.8 Å². The van der Waals surface area contributed by atoms with E-state index in [4.69, 9.17) is 0 Å². The summed E-state index contributed by atoms with van der Waals surface area (Å²) in [6.45, 7) is 1.00. The summed E-state index contributed by atoms with van der Waals surface area (Å²) in [6.07, 6.45) is 0.702. The zero-order valence-corrected chi connectivity index (χ0v) is 18.3. The number of aldehydes is 1. The minimum atomic E-state index is -3.63. The number of nitrogens with zero attached hydrogens (tertiary/aromatic N) is 1. The van der Waals surface area contributed by atoms with E-state index in [-0.39, 0.29) is 12.3 Å². The van der Waals surface area contributed by atoms with Gasteiger partial charge in [0.1, 0.15) is 11.7 Å². The van der Waals surface area contributed by atoms with E-state index in [2.05, 4.69) is 22.6 Å². The van der Waals surface area contributed by atoms with E-state index < -0.39 is 16.7 Å². The second-order valence-electron chi connectivity index (χ2n) is 5.90. The maximum absolute atomic E-state index is 13.2. The van der Waals surface area contributed by atoms with Crippen LogP contribution in [-0.2, 0) is 23.2 Å². The smallest absolute Gasteiger partial charge is 0.235 e. The third-order valence-corrected chi connectivity index (χ3v) is 8.33. The minimum Gasteiger partial charge on any atom is -0.298 e. The number of carbonyl (C=O) groups excluding carboxylic acids is 1. The number of alkyl halides is 1. The molecule has 0 radical (unpaired) electrons. The van der Waals surface area contributed by atoms with Crippen LogP contribution in [0.25, 0.3) is 10.1 Å². The highest BCUT2D eigenvalue weighted by molar-refractivity contribution is 14.1. The van der Waals surface area contributed by atoms with Gasteiger partial charge in [-0.2, -0.15) is 0 Å². The Morgan fingerprint density at radius 3 is 2.63 bits per heavy atom. The number of rotatable bonds is 7. The zero-order valence-electron chi connectivity index (χ0n) is 14.5. The molecule has 0 aliphatic rings. The van der Waals surface area contributed by atoms with Gasteiger partial charge in [-0.3, -0.25) is 9.10 Å². The maximum atomic E-state index is 13.2. The lowest BCUT2D eigenvalue weighted by atomic mass is 10.1. The molecule has 0 aliphatic carbocycles. The van der Waals surface area contributed by atoms with Crippen LogP contribution in [0.3, 0.4) is 0 Å². The number of hydrogen-bond donors (Lipinski definition) is 0. The maximum Gasteiger partial charge on any atom is 0.235 e. The number of hydrogen-bond acceptors (Lipinski definition) is 4. The number of thiophene rings is 1. The van der Waals surface area contributed by atoms with E-state index in [1.807, 2.05) is 24.3 Å². The van der Waals surface area contributed by atoms with Crippen LogP contribution in [0.5, 0.6) is 0 Å². The molecule has 0 unspecified atom stereocenters. The molecule has 27 heavy (non-hydrogen) atoms. The number of carbonyl (C=O) groups is 1. The lowest BCUT2D eigenvalue weighted by Gasteiger charge is -2.23. The minimum absolute atomic E-state index is 0.0494. The molecule has 0 N–H and O–H groups in total. The van der Waals surface area contributed by atoms with Gasteiger partial charge in [-0.05, 0) is 52.8 Å². The van der Waals surface area contributed by atoms with Crippen molar-refractivity contribution in [3.63, 3.8) is 0 Å². The number of sulfonamides is 1. The van der Waals surface area contributed by atoms with Crippen molar-refractivity contribution >= 4 is 65.3 Å².